The minimum Gasteiger partial charge on any atom is -0.391 e. The number of unbranched alkanes of at least 4 members (excludes halogenated alkanes) is 1. The lowest BCUT2D eigenvalue weighted by Gasteiger charge is -2.60. The van der Waals surface area contributed by atoms with Crippen molar-refractivity contribution in [1.82, 2.24) is 10.2 Å². The first kappa shape index (κ1) is 25.7. The number of fused-ring (bicyclic) bond motifs is 2. The lowest BCUT2D eigenvalue weighted by molar-refractivity contribution is -0.485. The summed E-state index contributed by atoms with van der Waals surface area (Å²) in [6.07, 6.45) is -2.43. The van der Waals surface area contributed by atoms with Crippen LogP contribution in [0.15, 0.2) is 0 Å². The highest BCUT2D eigenvalue weighted by Gasteiger charge is 2.68. The van der Waals surface area contributed by atoms with Crippen LogP contribution in [-0.4, -0.2) is 119 Å². The van der Waals surface area contributed by atoms with Crippen molar-refractivity contribution >= 4 is 0 Å². The Bertz CT molecular complexity index is 652. The zero-order valence-corrected chi connectivity index (χ0v) is 20.1. The second kappa shape index (κ2) is 10.3. The molecule has 3 saturated heterocycles. The average Bonchev–Trinajstić information content (AvgIpc) is 2.78. The van der Waals surface area contributed by atoms with Crippen LogP contribution in [0, 0.1) is 5.92 Å². The summed E-state index contributed by atoms with van der Waals surface area (Å²) in [4.78, 5) is 2.34. The molecular weight excluding hydrogens is 432 g/mol. The zero-order valence-electron chi connectivity index (χ0n) is 20.1. The van der Waals surface area contributed by atoms with Gasteiger partial charge in [-0.2, -0.15) is 0 Å². The van der Waals surface area contributed by atoms with Gasteiger partial charge in [-0.1, -0.05) is 6.92 Å². The molecule has 10 nitrogen and oxygen atoms in total. The Hall–Kier alpha value is -0.400. The minimum atomic E-state index is -2.10. The largest absolute Gasteiger partial charge is 0.391 e. The number of aliphatic hydroxyl groups is 4. The summed E-state index contributed by atoms with van der Waals surface area (Å²) in [5.74, 6) is -2.51. The highest BCUT2D eigenvalue weighted by Crippen LogP contribution is 2.49. The van der Waals surface area contributed by atoms with Crippen LogP contribution in [0.1, 0.15) is 46.0 Å². The number of hydrogen-bond acceptors (Lipinski definition) is 10. The molecule has 192 valence electrons. The van der Waals surface area contributed by atoms with E-state index in [1.165, 1.54) is 0 Å². The van der Waals surface area contributed by atoms with E-state index in [1.54, 1.807) is 7.05 Å². The van der Waals surface area contributed by atoms with Crippen LogP contribution in [0.4, 0.5) is 0 Å². The molecule has 0 aromatic carbocycles. The van der Waals surface area contributed by atoms with Gasteiger partial charge in [-0.3, -0.25) is 4.90 Å². The fourth-order valence-corrected chi connectivity index (χ4v) is 6.11. The molecule has 4 aliphatic rings. The van der Waals surface area contributed by atoms with Crippen molar-refractivity contribution in [3.63, 3.8) is 0 Å². The third-order valence-electron chi connectivity index (χ3n) is 8.05. The van der Waals surface area contributed by atoms with Gasteiger partial charge < -0.3 is 44.7 Å². The maximum Gasteiger partial charge on any atom is 0.248 e. The van der Waals surface area contributed by atoms with Gasteiger partial charge in [0.15, 0.2) is 0 Å². The smallest absolute Gasteiger partial charge is 0.248 e. The predicted octanol–water partition coefficient (Wildman–Crippen LogP) is -0.823. The first-order chi connectivity index (χ1) is 15.7. The first-order valence-corrected chi connectivity index (χ1v) is 12.5. The summed E-state index contributed by atoms with van der Waals surface area (Å²) in [6, 6.07) is -0.571. The van der Waals surface area contributed by atoms with Gasteiger partial charge in [0, 0.05) is 25.4 Å². The Morgan fingerprint density at radius 1 is 1.03 bits per heavy atom. The van der Waals surface area contributed by atoms with E-state index in [1.807, 2.05) is 13.8 Å². The summed E-state index contributed by atoms with van der Waals surface area (Å²) in [7, 11) is 1.70. The highest BCUT2D eigenvalue weighted by atomic mass is 16.8. The van der Waals surface area contributed by atoms with Gasteiger partial charge >= 0.3 is 0 Å². The molecule has 4 fully saturated rings. The van der Waals surface area contributed by atoms with Crippen LogP contribution in [0.25, 0.3) is 0 Å². The quantitative estimate of drug-likeness (QED) is 0.298. The standard InChI is InChI=1S/C23H42N2O8/c1-4-15-17(26)16(24-3)19-20(18(15)27)32-21-23(29,33-19)22(28,13-14(2)31-21)7-5-6-8-25-9-11-30-12-10-25/h14-21,24,26-29H,4-13H2,1-3H3/t14-,15-,16+,17+,18+,19-,20-,21+,22+,23-/m1/s1. The van der Waals surface area contributed by atoms with E-state index >= 15 is 0 Å². The molecule has 1 aliphatic carbocycles. The maximum atomic E-state index is 11.7. The van der Waals surface area contributed by atoms with Crippen LogP contribution in [0.5, 0.6) is 0 Å². The van der Waals surface area contributed by atoms with E-state index in [-0.39, 0.29) is 12.5 Å². The van der Waals surface area contributed by atoms with Gasteiger partial charge in [0.05, 0.1) is 37.6 Å². The normalized spacial score (nSPS) is 48.8. The van der Waals surface area contributed by atoms with Gasteiger partial charge in [-0.25, -0.2) is 0 Å². The van der Waals surface area contributed by atoms with E-state index in [0.29, 0.717) is 19.3 Å². The lowest BCUT2D eigenvalue weighted by atomic mass is 9.73. The average molecular weight is 475 g/mol. The predicted molar refractivity (Wildman–Crippen MR) is 118 cm³/mol. The molecule has 10 heteroatoms. The molecule has 1 saturated carbocycles. The monoisotopic (exact) mass is 474 g/mol. The Morgan fingerprint density at radius 3 is 2.42 bits per heavy atom. The topological polar surface area (TPSA) is 133 Å². The molecule has 0 amide bonds. The van der Waals surface area contributed by atoms with Crippen molar-refractivity contribution in [2.45, 2.75) is 100 Å². The molecule has 5 N–H and O–H groups in total. The van der Waals surface area contributed by atoms with Crippen molar-refractivity contribution in [2.24, 2.45) is 5.92 Å². The van der Waals surface area contributed by atoms with E-state index in [2.05, 4.69) is 10.2 Å². The summed E-state index contributed by atoms with van der Waals surface area (Å²) in [6.45, 7) is 7.97. The summed E-state index contributed by atoms with van der Waals surface area (Å²) in [5.41, 5.74) is -1.58. The fraction of sp³-hybridized carbons (Fsp3) is 1.00. The van der Waals surface area contributed by atoms with Crippen molar-refractivity contribution in [3.8, 4) is 0 Å². The van der Waals surface area contributed by atoms with Crippen LogP contribution in [-0.2, 0) is 18.9 Å². The van der Waals surface area contributed by atoms with E-state index < -0.39 is 54.1 Å². The van der Waals surface area contributed by atoms with Crippen molar-refractivity contribution in [1.29, 1.82) is 0 Å². The van der Waals surface area contributed by atoms with Crippen molar-refractivity contribution in [2.75, 3.05) is 39.9 Å². The van der Waals surface area contributed by atoms with Crippen LogP contribution < -0.4 is 5.32 Å². The first-order valence-electron chi connectivity index (χ1n) is 12.5. The zero-order chi connectivity index (χ0) is 23.8. The number of likely N-dealkylation sites (N-methyl/N-ethyl adjacent to an activating group) is 1. The second-order valence-corrected chi connectivity index (χ2v) is 10.2. The number of nitrogens with one attached hydrogen (secondary N) is 1. The Kier molecular flexibility index (Phi) is 8.02. The van der Waals surface area contributed by atoms with Gasteiger partial charge in [-0.05, 0) is 46.2 Å². The van der Waals surface area contributed by atoms with Crippen LogP contribution in [0.2, 0.25) is 0 Å². The Balaban J connectivity index is 1.48. The molecule has 0 bridgehead atoms. The van der Waals surface area contributed by atoms with Gasteiger partial charge in [-0.15, -0.1) is 0 Å². The number of morpholine rings is 1. The molecular formula is C23H42N2O8. The highest BCUT2D eigenvalue weighted by molar-refractivity contribution is 5.10. The summed E-state index contributed by atoms with van der Waals surface area (Å²) in [5, 5.41) is 48.2. The maximum absolute atomic E-state index is 11.7. The SMILES string of the molecule is CC[C@@H]1[C@H](O)[C@H](NC)[C@H]2O[C@]3(O)[C@H](O[C@@H]2[C@H]1O)O[C@H](C)C[C@@]3(O)CCCCN1CCOCC1. The van der Waals surface area contributed by atoms with Crippen molar-refractivity contribution in [3.05, 3.63) is 0 Å². The molecule has 33 heavy (non-hydrogen) atoms. The molecule has 0 unspecified atom stereocenters. The van der Waals surface area contributed by atoms with Gasteiger partial charge in [0.2, 0.25) is 12.1 Å². The molecule has 0 radical (unpaired) electrons. The summed E-state index contributed by atoms with van der Waals surface area (Å²) >= 11 is 0. The molecule has 4 rings (SSSR count). The number of ether oxygens (including phenoxy) is 4. The van der Waals surface area contributed by atoms with E-state index in [0.717, 1.165) is 39.3 Å². The molecule has 0 aromatic rings. The molecule has 0 aromatic heterocycles. The van der Waals surface area contributed by atoms with Crippen LogP contribution in [0.3, 0.4) is 0 Å². The third-order valence-corrected chi connectivity index (χ3v) is 8.05. The molecule has 0 spiro atoms. The summed E-state index contributed by atoms with van der Waals surface area (Å²) < 4.78 is 23.6. The number of aliphatic hydroxyl groups excluding tert-OH is 2. The third kappa shape index (κ3) is 4.72. The van der Waals surface area contributed by atoms with Gasteiger partial charge in [0.25, 0.3) is 0 Å². The lowest BCUT2D eigenvalue weighted by Crippen LogP contribution is -2.78. The van der Waals surface area contributed by atoms with Crippen LogP contribution >= 0.6 is 0 Å². The minimum absolute atomic E-state index is 0.200. The molecule has 3 aliphatic heterocycles. The Labute approximate surface area is 196 Å². The van der Waals surface area contributed by atoms with Crippen molar-refractivity contribution < 1.29 is 39.4 Å². The fourth-order valence-electron chi connectivity index (χ4n) is 6.11. The molecule has 10 atom stereocenters. The second-order valence-electron chi connectivity index (χ2n) is 10.2. The molecule has 3 heterocycles. The van der Waals surface area contributed by atoms with E-state index in [9.17, 15) is 20.4 Å². The van der Waals surface area contributed by atoms with E-state index in [4.69, 9.17) is 18.9 Å². The number of nitrogens with zero attached hydrogens (tertiary/aromatic N) is 1. The number of hydrogen-bond donors (Lipinski definition) is 5. The van der Waals surface area contributed by atoms with Gasteiger partial charge in [0.1, 0.15) is 17.8 Å². The number of rotatable bonds is 7. The Morgan fingerprint density at radius 2 is 1.76 bits per heavy atom.